The van der Waals surface area contributed by atoms with Crippen molar-refractivity contribution in [3.8, 4) is 11.1 Å². The van der Waals surface area contributed by atoms with Crippen LogP contribution in [0.3, 0.4) is 0 Å². The summed E-state index contributed by atoms with van der Waals surface area (Å²) >= 11 is 0. The van der Waals surface area contributed by atoms with Crippen molar-refractivity contribution in [2.75, 3.05) is 5.73 Å². The average molecular weight is 374 g/mol. The third-order valence-electron chi connectivity index (χ3n) is 5.56. The summed E-state index contributed by atoms with van der Waals surface area (Å²) in [6, 6.07) is 12.2. The number of aromatic nitrogens is 4. The van der Waals surface area contributed by atoms with E-state index in [-0.39, 0.29) is 5.95 Å². The third kappa shape index (κ3) is 3.98. The number of pyridine rings is 1. The van der Waals surface area contributed by atoms with Crippen molar-refractivity contribution in [3.05, 3.63) is 55.0 Å². The quantitative estimate of drug-likeness (QED) is 0.478. The fourth-order valence-corrected chi connectivity index (χ4v) is 3.91. The molecule has 0 unspecified atom stereocenters. The number of nitrogens with two attached hydrogens (primary N) is 1. The van der Waals surface area contributed by atoms with E-state index < -0.39 is 0 Å². The molecule has 3 aromatic heterocycles. The zero-order chi connectivity index (χ0) is 19.6. The van der Waals surface area contributed by atoms with Crippen LogP contribution in [0.15, 0.2) is 55.0 Å². The lowest BCUT2D eigenvalue weighted by molar-refractivity contribution is 0.244. The van der Waals surface area contributed by atoms with Crippen molar-refractivity contribution in [1.29, 1.82) is 0 Å². The van der Waals surface area contributed by atoms with E-state index in [2.05, 4.69) is 47.1 Å². The van der Waals surface area contributed by atoms with Gasteiger partial charge in [-0.05, 0) is 48.1 Å². The minimum atomic E-state index is 0.266. The van der Waals surface area contributed by atoms with Crippen LogP contribution in [0.4, 0.5) is 5.95 Å². The van der Waals surface area contributed by atoms with E-state index in [1.54, 1.807) is 16.9 Å². The maximum atomic E-state index is 5.59. The van der Waals surface area contributed by atoms with E-state index in [1.165, 1.54) is 32.1 Å². The number of fused-ring (bicyclic) bond motifs is 2. The molecule has 4 aromatic rings. The van der Waals surface area contributed by atoms with Gasteiger partial charge in [-0.15, -0.1) is 5.10 Å². The standard InChI is InChI=1S/C15H11N5.C8H16/c16-15-18-9-14-12(5-7-20(14)19-15)10-3-4-13-11(8-10)2-1-6-17-13;1-8(2)6-4-3-5-7-8/h1-9H,(H2,16,19);3-7H2,1-2H3. The first kappa shape index (κ1) is 18.4. The zero-order valence-corrected chi connectivity index (χ0v) is 16.6. The fraction of sp³-hybridized carbons (Fsp3) is 0.348. The van der Waals surface area contributed by atoms with Crippen LogP contribution in [0.5, 0.6) is 0 Å². The van der Waals surface area contributed by atoms with E-state index in [0.29, 0.717) is 5.41 Å². The minimum absolute atomic E-state index is 0.266. The van der Waals surface area contributed by atoms with Crippen LogP contribution in [-0.4, -0.2) is 19.6 Å². The van der Waals surface area contributed by atoms with Gasteiger partial charge in [0.1, 0.15) is 0 Å². The van der Waals surface area contributed by atoms with Gasteiger partial charge in [-0.25, -0.2) is 9.50 Å². The van der Waals surface area contributed by atoms with Crippen LogP contribution >= 0.6 is 0 Å². The number of hydrogen-bond donors (Lipinski definition) is 1. The highest BCUT2D eigenvalue weighted by atomic mass is 15.3. The van der Waals surface area contributed by atoms with E-state index >= 15 is 0 Å². The number of anilines is 1. The van der Waals surface area contributed by atoms with Crippen molar-refractivity contribution >= 4 is 22.4 Å². The third-order valence-corrected chi connectivity index (χ3v) is 5.56. The first-order chi connectivity index (χ1) is 13.5. The van der Waals surface area contributed by atoms with Gasteiger partial charge in [0.15, 0.2) is 0 Å². The maximum absolute atomic E-state index is 5.59. The molecule has 144 valence electrons. The Hall–Kier alpha value is -2.95. The highest BCUT2D eigenvalue weighted by Crippen LogP contribution is 2.34. The topological polar surface area (TPSA) is 69.1 Å². The van der Waals surface area contributed by atoms with Gasteiger partial charge in [-0.1, -0.05) is 45.2 Å². The summed E-state index contributed by atoms with van der Waals surface area (Å²) in [6.07, 6.45) is 12.7. The van der Waals surface area contributed by atoms with Crippen molar-refractivity contribution < 1.29 is 0 Å². The van der Waals surface area contributed by atoms with Crippen LogP contribution in [0.2, 0.25) is 0 Å². The van der Waals surface area contributed by atoms with E-state index in [0.717, 1.165) is 27.5 Å². The molecule has 1 fully saturated rings. The molecule has 5 heteroatoms. The van der Waals surface area contributed by atoms with Crippen LogP contribution in [0.1, 0.15) is 46.0 Å². The molecule has 5 rings (SSSR count). The van der Waals surface area contributed by atoms with Crippen LogP contribution < -0.4 is 5.73 Å². The van der Waals surface area contributed by atoms with E-state index in [4.69, 9.17) is 5.73 Å². The molecule has 0 bridgehead atoms. The summed E-state index contributed by atoms with van der Waals surface area (Å²) in [5, 5.41) is 5.27. The molecule has 2 N–H and O–H groups in total. The SMILES string of the molecule is CC1(C)CCCCC1.Nc1ncc2c(-c3ccc4ncccc4c3)ccn2n1. The molecule has 1 aliphatic rings. The molecule has 0 aliphatic heterocycles. The Morgan fingerprint density at radius 1 is 1.00 bits per heavy atom. The van der Waals surface area contributed by atoms with Crippen LogP contribution in [0.25, 0.3) is 27.5 Å². The van der Waals surface area contributed by atoms with Crippen molar-refractivity contribution in [3.63, 3.8) is 0 Å². The Morgan fingerprint density at radius 2 is 1.82 bits per heavy atom. The van der Waals surface area contributed by atoms with Crippen molar-refractivity contribution in [1.82, 2.24) is 19.6 Å². The Bertz CT molecular complexity index is 1090. The Labute approximate surface area is 165 Å². The number of nitrogens with zero attached hydrogens (tertiary/aromatic N) is 4. The second-order valence-electron chi connectivity index (χ2n) is 8.31. The Balaban J connectivity index is 0.000000203. The Morgan fingerprint density at radius 3 is 2.57 bits per heavy atom. The van der Waals surface area contributed by atoms with Gasteiger partial charge in [0.25, 0.3) is 0 Å². The number of hydrogen-bond acceptors (Lipinski definition) is 4. The lowest BCUT2D eigenvalue weighted by Crippen LogP contribution is -2.14. The van der Waals surface area contributed by atoms with Gasteiger partial charge in [0.2, 0.25) is 5.95 Å². The van der Waals surface area contributed by atoms with Crippen molar-refractivity contribution in [2.45, 2.75) is 46.0 Å². The molecule has 1 aliphatic carbocycles. The molecule has 0 atom stereocenters. The highest BCUT2D eigenvalue weighted by Gasteiger charge is 2.19. The molecule has 0 saturated heterocycles. The minimum Gasteiger partial charge on any atom is -0.367 e. The fourth-order valence-electron chi connectivity index (χ4n) is 3.91. The van der Waals surface area contributed by atoms with E-state index in [1.807, 2.05) is 24.4 Å². The molecular weight excluding hydrogens is 346 g/mol. The predicted octanol–water partition coefficient (Wildman–Crippen LogP) is 5.50. The molecule has 1 aromatic carbocycles. The molecule has 0 amide bonds. The van der Waals surface area contributed by atoms with Crippen LogP contribution in [0, 0.1) is 5.41 Å². The number of nitrogen functional groups attached to an aromatic ring is 1. The second kappa shape index (κ2) is 7.58. The predicted molar refractivity (Wildman–Crippen MR) is 115 cm³/mol. The lowest BCUT2D eigenvalue weighted by Gasteiger charge is -2.28. The van der Waals surface area contributed by atoms with Crippen molar-refractivity contribution in [2.24, 2.45) is 5.41 Å². The number of benzene rings is 1. The first-order valence-corrected chi connectivity index (χ1v) is 9.97. The summed E-state index contributed by atoms with van der Waals surface area (Å²) in [6.45, 7) is 4.76. The Kier molecular flexibility index (Phi) is 4.99. The summed E-state index contributed by atoms with van der Waals surface area (Å²) in [7, 11) is 0. The highest BCUT2D eigenvalue weighted by molar-refractivity contribution is 5.88. The lowest BCUT2D eigenvalue weighted by atomic mass is 9.78. The molecule has 0 spiro atoms. The molecule has 1 saturated carbocycles. The average Bonchev–Trinajstić information content (AvgIpc) is 3.11. The van der Waals surface area contributed by atoms with Gasteiger partial charge in [0.05, 0.1) is 17.2 Å². The van der Waals surface area contributed by atoms with Gasteiger partial charge < -0.3 is 5.73 Å². The summed E-state index contributed by atoms with van der Waals surface area (Å²) < 4.78 is 1.74. The summed E-state index contributed by atoms with van der Waals surface area (Å²) in [5.41, 5.74) is 10.4. The summed E-state index contributed by atoms with van der Waals surface area (Å²) in [4.78, 5) is 8.39. The number of rotatable bonds is 1. The molecule has 0 radical (unpaired) electrons. The molecule has 28 heavy (non-hydrogen) atoms. The van der Waals surface area contributed by atoms with Crippen LogP contribution in [-0.2, 0) is 0 Å². The maximum Gasteiger partial charge on any atom is 0.238 e. The molecule has 3 heterocycles. The normalized spacial score (nSPS) is 15.9. The van der Waals surface area contributed by atoms with Gasteiger partial charge in [-0.2, -0.15) is 0 Å². The monoisotopic (exact) mass is 373 g/mol. The van der Waals surface area contributed by atoms with E-state index in [9.17, 15) is 0 Å². The second-order valence-corrected chi connectivity index (χ2v) is 8.31. The first-order valence-electron chi connectivity index (χ1n) is 9.97. The smallest absolute Gasteiger partial charge is 0.238 e. The molecular formula is C23H27N5. The molecule has 5 nitrogen and oxygen atoms in total. The van der Waals surface area contributed by atoms with Gasteiger partial charge in [0, 0.05) is 23.3 Å². The largest absolute Gasteiger partial charge is 0.367 e. The summed E-state index contributed by atoms with van der Waals surface area (Å²) in [5.74, 6) is 0.266. The van der Waals surface area contributed by atoms with Gasteiger partial charge >= 0.3 is 0 Å². The zero-order valence-electron chi connectivity index (χ0n) is 16.6. The van der Waals surface area contributed by atoms with Gasteiger partial charge in [-0.3, -0.25) is 4.98 Å².